The second-order valence-corrected chi connectivity index (χ2v) is 6.02. The van der Waals surface area contributed by atoms with Crippen molar-refractivity contribution in [3.05, 3.63) is 34.4 Å². The first-order chi connectivity index (χ1) is 9.20. The Hall–Kier alpha value is -1.95. The number of anilines is 1. The Morgan fingerprint density at radius 2 is 1.85 bits per heavy atom. The molecule has 0 radical (unpaired) electrons. The van der Waals surface area contributed by atoms with Crippen molar-refractivity contribution >= 4 is 17.1 Å². The molecule has 0 atom stereocenters. The van der Waals surface area contributed by atoms with E-state index in [2.05, 4.69) is 10.5 Å². The van der Waals surface area contributed by atoms with Crippen LogP contribution in [0.1, 0.15) is 34.1 Å². The molecule has 0 spiro atoms. The number of nitrogens with one attached hydrogen (secondary N) is 1. The summed E-state index contributed by atoms with van der Waals surface area (Å²) in [5.74, 6) is 0. The van der Waals surface area contributed by atoms with Crippen molar-refractivity contribution in [1.82, 2.24) is 0 Å². The normalized spacial score (nSPS) is 21.9. The number of non-ortho nitro benzene ring substituents is 1. The van der Waals surface area contributed by atoms with Crippen LogP contribution in [0.15, 0.2) is 29.4 Å². The van der Waals surface area contributed by atoms with Gasteiger partial charge in [0, 0.05) is 18.6 Å². The van der Waals surface area contributed by atoms with E-state index in [0.29, 0.717) is 5.69 Å². The van der Waals surface area contributed by atoms with Crippen LogP contribution in [0.25, 0.3) is 0 Å². The van der Waals surface area contributed by atoms with Crippen LogP contribution in [0.3, 0.4) is 0 Å². The van der Waals surface area contributed by atoms with Crippen molar-refractivity contribution in [3.8, 4) is 0 Å². The first-order valence-corrected chi connectivity index (χ1v) is 6.47. The van der Waals surface area contributed by atoms with E-state index in [-0.39, 0.29) is 11.3 Å². The number of ether oxygens (including phenoxy) is 1. The number of hydrazone groups is 1. The predicted molar refractivity (Wildman–Crippen MR) is 78.0 cm³/mol. The van der Waals surface area contributed by atoms with Crippen LogP contribution >= 0.6 is 0 Å². The van der Waals surface area contributed by atoms with Crippen molar-refractivity contribution in [1.29, 1.82) is 0 Å². The number of rotatable bonds is 3. The minimum atomic E-state index is -0.424. The highest BCUT2D eigenvalue weighted by Gasteiger charge is 2.43. The summed E-state index contributed by atoms with van der Waals surface area (Å²) >= 11 is 0. The summed E-state index contributed by atoms with van der Waals surface area (Å²) in [7, 11) is 0. The summed E-state index contributed by atoms with van der Waals surface area (Å²) in [6.45, 7) is 8.03. The molecule has 1 N–H and O–H groups in total. The Bertz CT molecular complexity index is 547. The van der Waals surface area contributed by atoms with Gasteiger partial charge in [0.15, 0.2) is 0 Å². The average molecular weight is 277 g/mol. The molecule has 1 saturated heterocycles. The molecular formula is C14H19N3O3. The molecule has 0 bridgehead atoms. The lowest BCUT2D eigenvalue weighted by Crippen LogP contribution is -2.30. The fourth-order valence-corrected chi connectivity index (χ4v) is 2.37. The van der Waals surface area contributed by atoms with Crippen molar-refractivity contribution in [2.24, 2.45) is 5.10 Å². The van der Waals surface area contributed by atoms with Crippen LogP contribution in [0.5, 0.6) is 0 Å². The predicted octanol–water partition coefficient (Wildman–Crippen LogP) is 3.34. The number of benzene rings is 1. The van der Waals surface area contributed by atoms with Crippen LogP contribution in [0.2, 0.25) is 0 Å². The van der Waals surface area contributed by atoms with Crippen LogP contribution in [-0.4, -0.2) is 21.8 Å². The third kappa shape index (κ3) is 3.14. The van der Waals surface area contributed by atoms with Gasteiger partial charge in [-0.25, -0.2) is 0 Å². The van der Waals surface area contributed by atoms with E-state index in [0.717, 1.165) is 12.1 Å². The van der Waals surface area contributed by atoms with Crippen molar-refractivity contribution in [3.63, 3.8) is 0 Å². The van der Waals surface area contributed by atoms with E-state index in [1.54, 1.807) is 12.1 Å². The molecule has 108 valence electrons. The van der Waals surface area contributed by atoms with Gasteiger partial charge in [-0.2, -0.15) is 5.10 Å². The van der Waals surface area contributed by atoms with Gasteiger partial charge in [0.1, 0.15) is 5.60 Å². The first kappa shape index (κ1) is 14.5. The summed E-state index contributed by atoms with van der Waals surface area (Å²) in [6, 6.07) is 6.16. The van der Waals surface area contributed by atoms with E-state index < -0.39 is 10.5 Å². The number of nitro benzene ring substituents is 1. The Kier molecular flexibility index (Phi) is 3.52. The molecule has 0 aliphatic carbocycles. The van der Waals surface area contributed by atoms with Gasteiger partial charge in [0.25, 0.3) is 5.69 Å². The summed E-state index contributed by atoms with van der Waals surface area (Å²) in [6.07, 6.45) is 0.750. The standard InChI is InChI=1S/C14H19N3O3/c1-13(2)9-12(14(3,4)20-13)16-15-10-5-7-11(8-6-10)17(18)19/h5-8,15H,9H2,1-4H3/b16-12+. The summed E-state index contributed by atoms with van der Waals surface area (Å²) in [5.41, 5.74) is 4.01. The molecule has 1 heterocycles. The molecule has 1 aliphatic rings. The lowest BCUT2D eigenvalue weighted by atomic mass is 9.98. The Labute approximate surface area is 118 Å². The second-order valence-electron chi connectivity index (χ2n) is 6.02. The van der Waals surface area contributed by atoms with E-state index in [1.165, 1.54) is 12.1 Å². The minimum absolute atomic E-state index is 0.0638. The van der Waals surface area contributed by atoms with E-state index >= 15 is 0 Å². The van der Waals surface area contributed by atoms with Crippen LogP contribution in [0, 0.1) is 10.1 Å². The summed E-state index contributed by atoms with van der Waals surface area (Å²) < 4.78 is 5.93. The quantitative estimate of drug-likeness (QED) is 0.679. The summed E-state index contributed by atoms with van der Waals surface area (Å²) in [5, 5.41) is 15.0. The number of nitrogens with zero attached hydrogens (tertiary/aromatic N) is 2. The molecule has 6 heteroatoms. The third-order valence-corrected chi connectivity index (χ3v) is 3.22. The molecule has 0 saturated carbocycles. The van der Waals surface area contributed by atoms with Gasteiger partial charge in [0.05, 0.1) is 21.9 Å². The second kappa shape index (κ2) is 4.86. The number of nitro groups is 1. The van der Waals surface area contributed by atoms with Gasteiger partial charge in [0.2, 0.25) is 0 Å². The molecule has 1 aromatic rings. The van der Waals surface area contributed by atoms with Crippen LogP contribution in [-0.2, 0) is 4.74 Å². The number of hydrogen-bond acceptors (Lipinski definition) is 5. The van der Waals surface area contributed by atoms with Gasteiger partial charge in [-0.15, -0.1) is 0 Å². The maximum absolute atomic E-state index is 10.6. The Morgan fingerprint density at radius 1 is 1.25 bits per heavy atom. The molecule has 6 nitrogen and oxygen atoms in total. The van der Waals surface area contributed by atoms with Crippen molar-refractivity contribution in [2.45, 2.75) is 45.3 Å². The van der Waals surface area contributed by atoms with Crippen LogP contribution in [0.4, 0.5) is 11.4 Å². The molecule has 1 fully saturated rings. The molecule has 0 unspecified atom stereocenters. The highest BCUT2D eigenvalue weighted by atomic mass is 16.6. The van der Waals surface area contributed by atoms with E-state index in [9.17, 15) is 10.1 Å². The minimum Gasteiger partial charge on any atom is -0.363 e. The zero-order chi connectivity index (χ0) is 15.0. The smallest absolute Gasteiger partial charge is 0.269 e. The fraction of sp³-hybridized carbons (Fsp3) is 0.500. The highest BCUT2D eigenvalue weighted by molar-refractivity contribution is 5.94. The van der Waals surface area contributed by atoms with Crippen molar-refractivity contribution < 1.29 is 9.66 Å². The zero-order valence-corrected chi connectivity index (χ0v) is 12.1. The highest BCUT2D eigenvalue weighted by Crippen LogP contribution is 2.35. The molecule has 1 aliphatic heterocycles. The Morgan fingerprint density at radius 3 is 2.30 bits per heavy atom. The van der Waals surface area contributed by atoms with Gasteiger partial charge in [-0.1, -0.05) is 0 Å². The lowest BCUT2D eigenvalue weighted by molar-refractivity contribution is -0.384. The zero-order valence-electron chi connectivity index (χ0n) is 12.1. The van der Waals surface area contributed by atoms with E-state index in [4.69, 9.17) is 4.74 Å². The molecular weight excluding hydrogens is 258 g/mol. The first-order valence-electron chi connectivity index (χ1n) is 6.47. The maximum Gasteiger partial charge on any atom is 0.269 e. The lowest BCUT2D eigenvalue weighted by Gasteiger charge is -2.23. The maximum atomic E-state index is 10.6. The molecule has 2 rings (SSSR count). The molecule has 1 aromatic carbocycles. The molecule has 0 aromatic heterocycles. The summed E-state index contributed by atoms with van der Waals surface area (Å²) in [4.78, 5) is 10.2. The largest absolute Gasteiger partial charge is 0.363 e. The molecule has 20 heavy (non-hydrogen) atoms. The fourth-order valence-electron chi connectivity index (χ4n) is 2.37. The monoisotopic (exact) mass is 277 g/mol. The topological polar surface area (TPSA) is 76.8 Å². The average Bonchev–Trinajstić information content (AvgIpc) is 2.54. The third-order valence-electron chi connectivity index (χ3n) is 3.22. The molecule has 0 amide bonds. The van der Waals surface area contributed by atoms with Crippen molar-refractivity contribution in [2.75, 3.05) is 5.43 Å². The van der Waals surface area contributed by atoms with E-state index in [1.807, 2.05) is 27.7 Å². The van der Waals surface area contributed by atoms with Gasteiger partial charge in [-0.05, 0) is 39.8 Å². The van der Waals surface area contributed by atoms with Gasteiger partial charge < -0.3 is 4.74 Å². The Balaban J connectivity index is 2.11. The van der Waals surface area contributed by atoms with Gasteiger partial charge in [-0.3, -0.25) is 15.5 Å². The van der Waals surface area contributed by atoms with Gasteiger partial charge >= 0.3 is 0 Å². The SMILES string of the molecule is CC1(C)C/C(=N\Nc2ccc([N+](=O)[O-])cc2)C(C)(C)O1. The number of hydrogen-bond donors (Lipinski definition) is 1. The van der Waals surface area contributed by atoms with Crippen LogP contribution < -0.4 is 5.43 Å².